The largest absolute Gasteiger partial charge is 0.369 e. The number of nitrogens with zero attached hydrogens (tertiary/aromatic N) is 2. The summed E-state index contributed by atoms with van der Waals surface area (Å²) in [4.78, 5) is 6.75. The van der Waals surface area contributed by atoms with Crippen molar-refractivity contribution in [3.05, 3.63) is 21.2 Å². The third-order valence-electron chi connectivity index (χ3n) is 2.66. The molecule has 0 aliphatic carbocycles. The summed E-state index contributed by atoms with van der Waals surface area (Å²) >= 11 is 6.98. The molecule has 0 aromatic carbocycles. The van der Waals surface area contributed by atoms with Crippen LogP contribution in [0.1, 0.15) is 20.8 Å². The molecule has 3 nitrogen and oxygen atoms in total. The van der Waals surface area contributed by atoms with Gasteiger partial charge >= 0.3 is 0 Å². The Morgan fingerprint density at radius 1 is 1.47 bits per heavy atom. The summed E-state index contributed by atoms with van der Waals surface area (Å²) in [5.74, 6) is 0.983. The summed E-state index contributed by atoms with van der Waals surface area (Å²) in [6.45, 7) is 8.05. The van der Waals surface area contributed by atoms with Gasteiger partial charge in [0.2, 0.25) is 0 Å². The molecule has 0 amide bonds. The van der Waals surface area contributed by atoms with Crippen molar-refractivity contribution in [3.8, 4) is 0 Å². The van der Waals surface area contributed by atoms with Gasteiger partial charge in [-0.15, -0.1) is 0 Å². The number of pyridine rings is 1. The lowest BCUT2D eigenvalue weighted by Crippen LogP contribution is -2.52. The number of aromatic nitrogens is 1. The Kier molecular flexibility index (Phi) is 3.80. The van der Waals surface area contributed by atoms with Gasteiger partial charge < -0.3 is 9.64 Å². The van der Waals surface area contributed by atoms with Crippen molar-refractivity contribution >= 4 is 37.7 Å². The molecule has 1 unspecified atom stereocenters. The van der Waals surface area contributed by atoms with Gasteiger partial charge in [-0.25, -0.2) is 4.98 Å². The van der Waals surface area contributed by atoms with E-state index in [2.05, 4.69) is 62.5 Å². The number of hydrogen-bond acceptors (Lipinski definition) is 3. The van der Waals surface area contributed by atoms with Crippen LogP contribution in [0.15, 0.2) is 21.2 Å². The number of halogens is 2. The average Bonchev–Trinajstić information content (AvgIpc) is 2.13. The molecule has 1 atom stereocenters. The second-order valence-electron chi connectivity index (χ2n) is 5.03. The molecular formula is C12H16Br2N2O. The maximum absolute atomic E-state index is 5.89. The summed E-state index contributed by atoms with van der Waals surface area (Å²) in [6, 6.07) is 2.02. The molecule has 0 bridgehead atoms. The molecule has 1 fully saturated rings. The standard InChI is InChI=1S/C12H16Br2N2O/c1-8-6-16(7-12(2,3)17-8)11-10(14)4-9(13)5-15-11/h4-5,8H,6-7H2,1-3H3. The molecule has 1 aliphatic rings. The number of rotatable bonds is 1. The van der Waals surface area contributed by atoms with Gasteiger partial charge in [-0.2, -0.15) is 0 Å². The molecule has 94 valence electrons. The van der Waals surface area contributed by atoms with Crippen molar-refractivity contribution in [1.29, 1.82) is 0 Å². The molecule has 0 radical (unpaired) electrons. The van der Waals surface area contributed by atoms with Crippen LogP contribution in [-0.2, 0) is 4.74 Å². The quantitative estimate of drug-likeness (QED) is 0.762. The smallest absolute Gasteiger partial charge is 0.143 e. The topological polar surface area (TPSA) is 25.4 Å². The Bertz CT molecular complexity index is 423. The highest BCUT2D eigenvalue weighted by Gasteiger charge is 2.32. The SMILES string of the molecule is CC1CN(c2ncc(Br)cc2Br)CC(C)(C)O1. The van der Waals surface area contributed by atoms with E-state index in [9.17, 15) is 0 Å². The third-order valence-corrected chi connectivity index (χ3v) is 3.67. The molecule has 0 spiro atoms. The molecule has 5 heteroatoms. The second kappa shape index (κ2) is 4.86. The van der Waals surface area contributed by atoms with Gasteiger partial charge in [0, 0.05) is 23.8 Å². The number of hydrogen-bond donors (Lipinski definition) is 0. The first-order chi connectivity index (χ1) is 7.87. The number of ether oxygens (including phenoxy) is 1. The van der Waals surface area contributed by atoms with E-state index in [1.807, 2.05) is 12.3 Å². The lowest BCUT2D eigenvalue weighted by Gasteiger charge is -2.42. The van der Waals surface area contributed by atoms with Gasteiger partial charge in [-0.3, -0.25) is 0 Å². The number of morpholine rings is 1. The lowest BCUT2D eigenvalue weighted by molar-refractivity contribution is -0.0752. The lowest BCUT2D eigenvalue weighted by atomic mass is 10.1. The Morgan fingerprint density at radius 2 is 2.18 bits per heavy atom. The molecule has 17 heavy (non-hydrogen) atoms. The van der Waals surface area contributed by atoms with E-state index in [1.54, 1.807) is 0 Å². The first kappa shape index (κ1) is 13.3. The van der Waals surface area contributed by atoms with Gasteiger partial charge in [-0.1, -0.05) is 0 Å². The molecule has 2 rings (SSSR count). The highest BCUT2D eigenvalue weighted by atomic mass is 79.9. The van der Waals surface area contributed by atoms with Crippen LogP contribution in [0.3, 0.4) is 0 Å². The Labute approximate surface area is 119 Å². The van der Waals surface area contributed by atoms with E-state index >= 15 is 0 Å². The number of anilines is 1. The molecule has 0 N–H and O–H groups in total. The van der Waals surface area contributed by atoms with Gasteiger partial charge in [0.05, 0.1) is 16.2 Å². The fourth-order valence-corrected chi connectivity index (χ4v) is 3.49. The van der Waals surface area contributed by atoms with Crippen molar-refractivity contribution in [2.75, 3.05) is 18.0 Å². The first-order valence-electron chi connectivity index (χ1n) is 5.61. The molecule has 1 aliphatic heterocycles. The zero-order valence-electron chi connectivity index (χ0n) is 10.2. The minimum Gasteiger partial charge on any atom is -0.369 e. The molecule has 1 saturated heterocycles. The van der Waals surface area contributed by atoms with Crippen LogP contribution in [0.4, 0.5) is 5.82 Å². The van der Waals surface area contributed by atoms with Crippen LogP contribution in [0, 0.1) is 0 Å². The van der Waals surface area contributed by atoms with E-state index in [1.165, 1.54) is 0 Å². The average molecular weight is 364 g/mol. The van der Waals surface area contributed by atoms with Gasteiger partial charge in [0.15, 0.2) is 0 Å². The fourth-order valence-electron chi connectivity index (χ4n) is 2.26. The summed E-state index contributed by atoms with van der Waals surface area (Å²) < 4.78 is 7.89. The normalized spacial score (nSPS) is 23.8. The van der Waals surface area contributed by atoms with Crippen LogP contribution in [0.25, 0.3) is 0 Å². The summed E-state index contributed by atoms with van der Waals surface area (Å²) in [6.07, 6.45) is 2.05. The van der Waals surface area contributed by atoms with Gasteiger partial charge in [0.1, 0.15) is 5.82 Å². The van der Waals surface area contributed by atoms with Gasteiger partial charge in [0.25, 0.3) is 0 Å². The minimum atomic E-state index is -0.133. The van der Waals surface area contributed by atoms with E-state index in [0.717, 1.165) is 27.9 Å². The molecule has 0 saturated carbocycles. The van der Waals surface area contributed by atoms with Crippen molar-refractivity contribution in [3.63, 3.8) is 0 Å². The molecule has 1 aromatic heterocycles. The Hall–Kier alpha value is -0.130. The van der Waals surface area contributed by atoms with E-state index in [0.29, 0.717) is 0 Å². The summed E-state index contributed by atoms with van der Waals surface area (Å²) in [5, 5.41) is 0. The fraction of sp³-hybridized carbons (Fsp3) is 0.583. The zero-order valence-corrected chi connectivity index (χ0v) is 13.4. The predicted octanol–water partition coefficient (Wildman–Crippen LogP) is 3.61. The summed E-state index contributed by atoms with van der Waals surface area (Å²) in [5.41, 5.74) is -0.133. The van der Waals surface area contributed by atoms with Gasteiger partial charge in [-0.05, 0) is 58.7 Å². The second-order valence-corrected chi connectivity index (χ2v) is 6.80. The van der Waals surface area contributed by atoms with Crippen molar-refractivity contribution in [2.24, 2.45) is 0 Å². The van der Waals surface area contributed by atoms with E-state index in [4.69, 9.17) is 4.74 Å². The monoisotopic (exact) mass is 362 g/mol. The molecule has 2 heterocycles. The van der Waals surface area contributed by atoms with Crippen LogP contribution in [0.2, 0.25) is 0 Å². The van der Waals surface area contributed by atoms with Crippen molar-refractivity contribution in [1.82, 2.24) is 4.98 Å². The van der Waals surface area contributed by atoms with Crippen molar-refractivity contribution < 1.29 is 4.74 Å². The third kappa shape index (κ3) is 3.20. The highest BCUT2D eigenvalue weighted by Crippen LogP contribution is 2.31. The van der Waals surface area contributed by atoms with Crippen LogP contribution in [0.5, 0.6) is 0 Å². The molecular weight excluding hydrogens is 348 g/mol. The van der Waals surface area contributed by atoms with Crippen LogP contribution < -0.4 is 4.90 Å². The zero-order chi connectivity index (χ0) is 12.6. The minimum absolute atomic E-state index is 0.133. The Balaban J connectivity index is 2.27. The predicted molar refractivity (Wildman–Crippen MR) is 76.5 cm³/mol. The van der Waals surface area contributed by atoms with Crippen LogP contribution in [-0.4, -0.2) is 29.8 Å². The summed E-state index contributed by atoms with van der Waals surface area (Å²) in [7, 11) is 0. The van der Waals surface area contributed by atoms with E-state index < -0.39 is 0 Å². The highest BCUT2D eigenvalue weighted by molar-refractivity contribution is 9.11. The first-order valence-corrected chi connectivity index (χ1v) is 7.20. The maximum Gasteiger partial charge on any atom is 0.143 e. The maximum atomic E-state index is 5.89. The Morgan fingerprint density at radius 3 is 2.76 bits per heavy atom. The van der Waals surface area contributed by atoms with E-state index in [-0.39, 0.29) is 11.7 Å². The van der Waals surface area contributed by atoms with Crippen molar-refractivity contribution in [2.45, 2.75) is 32.5 Å². The van der Waals surface area contributed by atoms with Crippen LogP contribution >= 0.6 is 31.9 Å². The molecule has 1 aromatic rings.